The van der Waals surface area contributed by atoms with E-state index in [4.69, 9.17) is 11.6 Å². The molecule has 0 amide bonds. The molecule has 0 aliphatic heterocycles. The topological polar surface area (TPSA) is 0 Å². The maximum atomic E-state index is 13.6. The van der Waals surface area contributed by atoms with Crippen molar-refractivity contribution in [3.05, 3.63) is 69.5 Å². The van der Waals surface area contributed by atoms with Gasteiger partial charge in [-0.05, 0) is 91.3 Å². The van der Waals surface area contributed by atoms with Gasteiger partial charge < -0.3 is 0 Å². The highest BCUT2D eigenvalue weighted by Crippen LogP contribution is 2.47. The molecule has 0 bridgehead atoms. The molecule has 3 atom stereocenters. The van der Waals surface area contributed by atoms with E-state index in [2.05, 4.69) is 37.0 Å². The fourth-order valence-corrected chi connectivity index (χ4v) is 5.20. The third kappa shape index (κ3) is 4.07. The average molecular weight is 381 g/mol. The van der Waals surface area contributed by atoms with Crippen LogP contribution in [0.5, 0.6) is 0 Å². The minimum Gasteiger partial charge on any atom is -0.205 e. The molecule has 0 saturated heterocycles. The largest absolute Gasteiger partial charge is 0.205 e. The van der Waals surface area contributed by atoms with Gasteiger partial charge in [-0.3, -0.25) is 0 Å². The van der Waals surface area contributed by atoms with Crippen LogP contribution >= 0.6 is 11.6 Å². The smallest absolute Gasteiger partial charge is 0.143 e. The Morgan fingerprint density at radius 2 is 1.81 bits per heavy atom. The van der Waals surface area contributed by atoms with E-state index in [1.807, 2.05) is 0 Å². The number of aryl methyl sites for hydroxylation is 1. The van der Waals surface area contributed by atoms with E-state index in [-0.39, 0.29) is 5.02 Å². The Morgan fingerprint density at radius 1 is 1.04 bits per heavy atom. The Morgan fingerprint density at radius 3 is 2.59 bits per heavy atom. The standard InChI is InChI=1S/C25H26ClF/c1-2-3-17-6-11-22-20(14-17)9-10-21-15-18(7-12-23(21)22)4-5-19-8-13-24(26)25(27)16-19/h7-8,12-13,15-17,20,22H,2-3,6,9-11,14H2,1H3. The van der Waals surface area contributed by atoms with Crippen LogP contribution in [0, 0.1) is 29.5 Å². The van der Waals surface area contributed by atoms with Crippen LogP contribution in [0.15, 0.2) is 36.4 Å². The Bertz CT molecular complexity index is 889. The van der Waals surface area contributed by atoms with E-state index in [0.29, 0.717) is 5.56 Å². The average Bonchev–Trinajstić information content (AvgIpc) is 2.68. The molecule has 27 heavy (non-hydrogen) atoms. The molecular weight excluding hydrogens is 355 g/mol. The van der Waals surface area contributed by atoms with Crippen LogP contribution in [0.4, 0.5) is 4.39 Å². The molecule has 0 heterocycles. The van der Waals surface area contributed by atoms with E-state index in [9.17, 15) is 4.39 Å². The number of rotatable bonds is 2. The third-order valence-corrected chi connectivity index (χ3v) is 6.69. The Kier molecular flexibility index (Phi) is 5.55. The van der Waals surface area contributed by atoms with Crippen molar-refractivity contribution in [1.82, 2.24) is 0 Å². The summed E-state index contributed by atoms with van der Waals surface area (Å²) in [6.45, 7) is 2.31. The highest BCUT2D eigenvalue weighted by atomic mass is 35.5. The van der Waals surface area contributed by atoms with Crippen molar-refractivity contribution < 1.29 is 4.39 Å². The zero-order valence-electron chi connectivity index (χ0n) is 15.9. The van der Waals surface area contributed by atoms with Gasteiger partial charge in [0.15, 0.2) is 0 Å². The van der Waals surface area contributed by atoms with Gasteiger partial charge >= 0.3 is 0 Å². The summed E-state index contributed by atoms with van der Waals surface area (Å²) >= 11 is 5.74. The molecule has 1 fully saturated rings. The van der Waals surface area contributed by atoms with Gasteiger partial charge in [0.05, 0.1) is 5.02 Å². The van der Waals surface area contributed by atoms with E-state index in [0.717, 1.165) is 23.3 Å². The van der Waals surface area contributed by atoms with E-state index >= 15 is 0 Å². The normalized spacial score (nSPS) is 23.7. The lowest BCUT2D eigenvalue weighted by atomic mass is 9.64. The van der Waals surface area contributed by atoms with Crippen LogP contribution in [-0.4, -0.2) is 0 Å². The van der Waals surface area contributed by atoms with Gasteiger partial charge in [-0.2, -0.15) is 0 Å². The fraction of sp³-hybridized carbons (Fsp3) is 0.440. The van der Waals surface area contributed by atoms with E-state index in [1.54, 1.807) is 17.7 Å². The quantitative estimate of drug-likeness (QED) is 0.486. The van der Waals surface area contributed by atoms with E-state index in [1.165, 1.54) is 56.6 Å². The molecule has 2 aliphatic rings. The van der Waals surface area contributed by atoms with Crippen molar-refractivity contribution >= 4 is 11.6 Å². The van der Waals surface area contributed by atoms with Gasteiger partial charge in [-0.15, -0.1) is 0 Å². The maximum absolute atomic E-state index is 13.6. The van der Waals surface area contributed by atoms with Crippen LogP contribution in [-0.2, 0) is 6.42 Å². The Labute approximate surface area is 167 Å². The number of hydrogen-bond acceptors (Lipinski definition) is 0. The summed E-state index contributed by atoms with van der Waals surface area (Å²) in [4.78, 5) is 0. The molecule has 0 N–H and O–H groups in total. The second kappa shape index (κ2) is 8.07. The second-order valence-corrected chi connectivity index (χ2v) is 8.57. The first kappa shape index (κ1) is 18.6. The van der Waals surface area contributed by atoms with Crippen molar-refractivity contribution in [2.45, 2.75) is 57.8 Å². The molecule has 140 valence electrons. The SMILES string of the molecule is CCCC1CCC2c3ccc(C#Cc4ccc(Cl)c(F)c4)cc3CCC2C1. The van der Waals surface area contributed by atoms with Crippen molar-refractivity contribution in [2.75, 3.05) is 0 Å². The monoisotopic (exact) mass is 380 g/mol. The second-order valence-electron chi connectivity index (χ2n) is 8.17. The van der Waals surface area contributed by atoms with Crippen molar-refractivity contribution in [1.29, 1.82) is 0 Å². The van der Waals surface area contributed by atoms with E-state index < -0.39 is 5.82 Å². The summed E-state index contributed by atoms with van der Waals surface area (Å²) in [5.41, 5.74) is 4.70. The van der Waals surface area contributed by atoms with Gasteiger partial charge in [0.1, 0.15) is 5.82 Å². The van der Waals surface area contributed by atoms with Crippen LogP contribution in [0.25, 0.3) is 0 Å². The molecule has 1 saturated carbocycles. The molecule has 2 aliphatic carbocycles. The number of hydrogen-bond donors (Lipinski definition) is 0. The van der Waals surface area contributed by atoms with Crippen LogP contribution in [0.3, 0.4) is 0 Å². The summed E-state index contributed by atoms with van der Waals surface area (Å²) in [5.74, 6) is 8.40. The van der Waals surface area contributed by atoms with Crippen molar-refractivity contribution in [3.8, 4) is 11.8 Å². The molecular formula is C25H26ClF. The first-order chi connectivity index (χ1) is 13.1. The molecule has 0 spiro atoms. The first-order valence-electron chi connectivity index (χ1n) is 10.2. The van der Waals surface area contributed by atoms with Gasteiger partial charge in [-0.25, -0.2) is 4.39 Å². The van der Waals surface area contributed by atoms with Crippen molar-refractivity contribution in [2.24, 2.45) is 11.8 Å². The molecule has 0 radical (unpaired) electrons. The van der Waals surface area contributed by atoms with Crippen LogP contribution in [0.1, 0.15) is 73.6 Å². The highest BCUT2D eigenvalue weighted by molar-refractivity contribution is 6.30. The van der Waals surface area contributed by atoms with Gasteiger partial charge in [0, 0.05) is 11.1 Å². The predicted octanol–water partition coefficient (Wildman–Crippen LogP) is 7.13. The third-order valence-electron chi connectivity index (χ3n) is 6.39. The van der Waals surface area contributed by atoms with Crippen molar-refractivity contribution in [3.63, 3.8) is 0 Å². The number of fused-ring (bicyclic) bond motifs is 3. The lowest BCUT2D eigenvalue weighted by Crippen LogP contribution is -2.28. The lowest BCUT2D eigenvalue weighted by molar-refractivity contribution is 0.201. The number of halogens is 2. The summed E-state index contributed by atoms with van der Waals surface area (Å²) < 4.78 is 13.6. The lowest BCUT2D eigenvalue weighted by Gasteiger charge is -2.40. The van der Waals surface area contributed by atoms with Gasteiger partial charge in [0.2, 0.25) is 0 Å². The molecule has 2 aromatic rings. The van der Waals surface area contributed by atoms with Gasteiger partial charge in [-0.1, -0.05) is 49.3 Å². The van der Waals surface area contributed by atoms with Crippen LogP contribution < -0.4 is 0 Å². The number of benzene rings is 2. The Hall–Kier alpha value is -1.78. The zero-order chi connectivity index (χ0) is 18.8. The fourth-order valence-electron chi connectivity index (χ4n) is 5.08. The minimum absolute atomic E-state index is 0.137. The summed E-state index contributed by atoms with van der Waals surface area (Å²) in [6, 6.07) is 11.4. The van der Waals surface area contributed by atoms with Gasteiger partial charge in [0.25, 0.3) is 0 Å². The van der Waals surface area contributed by atoms with Crippen LogP contribution in [0.2, 0.25) is 5.02 Å². The molecule has 0 aromatic heterocycles. The summed E-state index contributed by atoms with van der Waals surface area (Å²) in [7, 11) is 0. The molecule has 3 unspecified atom stereocenters. The summed E-state index contributed by atoms with van der Waals surface area (Å²) in [5, 5.41) is 0.137. The Balaban J connectivity index is 1.52. The zero-order valence-corrected chi connectivity index (χ0v) is 16.7. The summed E-state index contributed by atoms with van der Waals surface area (Å²) in [6.07, 6.45) is 9.35. The minimum atomic E-state index is -0.418. The molecule has 4 rings (SSSR count). The molecule has 0 nitrogen and oxygen atoms in total. The predicted molar refractivity (Wildman–Crippen MR) is 111 cm³/mol. The molecule has 2 aromatic carbocycles. The molecule has 2 heteroatoms. The first-order valence-corrected chi connectivity index (χ1v) is 10.6. The maximum Gasteiger partial charge on any atom is 0.143 e. The highest BCUT2D eigenvalue weighted by Gasteiger charge is 2.34.